The second-order valence-electron chi connectivity index (χ2n) is 2.92. The van der Waals surface area contributed by atoms with E-state index in [4.69, 9.17) is 5.11 Å². The summed E-state index contributed by atoms with van der Waals surface area (Å²) in [6, 6.07) is 8.30. The molecule has 0 saturated heterocycles. The summed E-state index contributed by atoms with van der Waals surface area (Å²) < 4.78 is 0. The van der Waals surface area contributed by atoms with E-state index in [9.17, 15) is 9.59 Å². The van der Waals surface area contributed by atoms with Crippen molar-refractivity contribution in [1.29, 1.82) is 0 Å². The second-order valence-corrected chi connectivity index (χ2v) is 2.92. The molecule has 0 aromatic heterocycles. The Morgan fingerprint density at radius 2 is 1.88 bits per heavy atom. The Morgan fingerprint density at radius 1 is 1.31 bits per heavy atom. The molecule has 0 amide bonds. The number of carboxylic acids is 1. The number of carbonyl (C=O) groups is 1. The predicted molar refractivity (Wildman–Crippen MR) is 58.6 cm³/mol. The van der Waals surface area contributed by atoms with Crippen LogP contribution in [-0.4, -0.2) is 17.4 Å². The number of hydrogen-bond donors (Lipinski definition) is 1. The molecule has 82 valence electrons. The van der Waals surface area contributed by atoms with Crippen molar-refractivity contribution in [1.82, 2.24) is 0 Å². The Balaban J connectivity index is 0. The van der Waals surface area contributed by atoms with E-state index >= 15 is 0 Å². The third kappa shape index (κ3) is 9.90. The van der Waals surface area contributed by atoms with Crippen molar-refractivity contribution < 1.29 is 44.3 Å². The van der Waals surface area contributed by atoms with Crippen LogP contribution in [0.15, 0.2) is 30.3 Å². The van der Waals surface area contributed by atoms with Gasteiger partial charge in [-0.2, -0.15) is 6.42 Å². The molecule has 1 N–H and O–H groups in total. The molecule has 0 radical (unpaired) electrons. The van der Waals surface area contributed by atoms with E-state index in [0.29, 0.717) is 12.0 Å². The van der Waals surface area contributed by atoms with Gasteiger partial charge in [0, 0.05) is 0 Å². The largest absolute Gasteiger partial charge is 1.00 e. The van der Waals surface area contributed by atoms with Crippen LogP contribution >= 0.6 is 0 Å². The van der Waals surface area contributed by atoms with E-state index in [0.717, 1.165) is 12.8 Å². The van der Waals surface area contributed by atoms with Crippen LogP contribution in [-0.2, 0) is 4.79 Å². The molecule has 0 spiro atoms. The summed E-state index contributed by atoms with van der Waals surface area (Å²) in [6.07, 6.45) is 4.51. The third-order valence-corrected chi connectivity index (χ3v) is 1.65. The molecule has 0 aliphatic carbocycles. The molecule has 1 aromatic rings. The van der Waals surface area contributed by atoms with Gasteiger partial charge >= 0.3 is 35.5 Å². The van der Waals surface area contributed by atoms with E-state index in [1.54, 1.807) is 30.3 Å². The summed E-state index contributed by atoms with van der Waals surface area (Å²) in [5.74, 6) is -0.879. The van der Waals surface area contributed by atoms with Crippen LogP contribution < -0.4 is 29.6 Å². The van der Waals surface area contributed by atoms with Gasteiger partial charge in [-0.15, -0.1) is 0 Å². The second kappa shape index (κ2) is 12.4. The Kier molecular flexibility index (Phi) is 13.8. The number of carboxylic acid groups (broad SMARTS) is 1. The topological polar surface area (TPSA) is 54.4 Å². The van der Waals surface area contributed by atoms with Crippen molar-refractivity contribution in [2.45, 2.75) is 26.2 Å². The van der Waals surface area contributed by atoms with Gasteiger partial charge in [-0.25, -0.2) is 4.79 Å². The van der Waals surface area contributed by atoms with Crippen LogP contribution in [0.4, 0.5) is 0 Å². The van der Waals surface area contributed by atoms with E-state index in [1.165, 1.54) is 0 Å². The van der Waals surface area contributed by atoms with Crippen molar-refractivity contribution in [3.05, 3.63) is 35.9 Å². The van der Waals surface area contributed by atoms with E-state index in [1.807, 2.05) is 6.29 Å². The summed E-state index contributed by atoms with van der Waals surface area (Å²) in [4.78, 5) is 19.6. The molecule has 0 bridgehead atoms. The molecule has 4 heteroatoms. The summed E-state index contributed by atoms with van der Waals surface area (Å²) in [6.45, 7) is 2.05. The average Bonchev–Trinajstić information content (AvgIpc) is 2.28. The first-order chi connectivity index (χ1) is 7.22. The molecule has 0 unspecified atom stereocenters. The van der Waals surface area contributed by atoms with Crippen LogP contribution in [0.5, 0.6) is 0 Å². The zero-order chi connectivity index (χ0) is 11.5. The Hall–Kier alpha value is -0.640. The fraction of sp³-hybridized carbons (Fsp3) is 0.333. The van der Waals surface area contributed by atoms with Gasteiger partial charge < -0.3 is 9.90 Å². The first-order valence-electron chi connectivity index (χ1n) is 4.85. The number of benzene rings is 1. The van der Waals surface area contributed by atoms with Crippen LogP contribution in [0.25, 0.3) is 0 Å². The predicted octanol–water partition coefficient (Wildman–Crippen LogP) is -0.325. The monoisotopic (exact) mass is 230 g/mol. The van der Waals surface area contributed by atoms with Crippen molar-refractivity contribution >= 4 is 12.3 Å². The number of aromatic carboxylic acids is 1. The molecule has 16 heavy (non-hydrogen) atoms. The molecule has 1 aromatic carbocycles. The zero-order valence-electron chi connectivity index (χ0n) is 9.77. The molecular weight excluding hydrogens is 215 g/mol. The molecule has 0 saturated carbocycles. The average molecular weight is 230 g/mol. The minimum absolute atomic E-state index is 0. The van der Waals surface area contributed by atoms with Crippen molar-refractivity contribution in [2.75, 3.05) is 0 Å². The van der Waals surface area contributed by atoms with Gasteiger partial charge in [0.15, 0.2) is 0 Å². The first kappa shape index (κ1) is 17.7. The quantitative estimate of drug-likeness (QED) is 0.438. The zero-order valence-corrected chi connectivity index (χ0v) is 11.8. The van der Waals surface area contributed by atoms with Crippen LogP contribution in [0, 0.1) is 0 Å². The number of unbranched alkanes of at least 4 members (excludes halogenated alkanes) is 2. The van der Waals surface area contributed by atoms with Gasteiger partial charge in [0.1, 0.15) is 0 Å². The van der Waals surface area contributed by atoms with Gasteiger partial charge in [0.2, 0.25) is 0 Å². The fourth-order valence-electron chi connectivity index (χ4n) is 0.830. The minimum atomic E-state index is -0.879. The molecule has 3 nitrogen and oxygen atoms in total. The molecule has 1 rings (SSSR count). The van der Waals surface area contributed by atoms with Crippen molar-refractivity contribution in [2.24, 2.45) is 0 Å². The number of rotatable bonds is 4. The van der Waals surface area contributed by atoms with Crippen LogP contribution in [0.1, 0.15) is 36.5 Å². The minimum Gasteiger partial charge on any atom is -0.542 e. The SMILES string of the molecule is CCCC[C-]=O.O=C(O)c1ccccc1.[Na+]. The molecule has 0 aliphatic heterocycles. The summed E-state index contributed by atoms with van der Waals surface area (Å²) in [7, 11) is 0. The maximum absolute atomic E-state index is 10.2. The maximum atomic E-state index is 10.2. The fourth-order valence-corrected chi connectivity index (χ4v) is 0.830. The summed E-state index contributed by atoms with van der Waals surface area (Å²) in [5, 5.41) is 8.38. The van der Waals surface area contributed by atoms with E-state index < -0.39 is 5.97 Å². The molecule has 0 heterocycles. The third-order valence-electron chi connectivity index (χ3n) is 1.65. The normalized spacial score (nSPS) is 8.06. The molecule has 0 fully saturated rings. The maximum Gasteiger partial charge on any atom is 1.00 e. The van der Waals surface area contributed by atoms with Crippen LogP contribution in [0.3, 0.4) is 0 Å². The van der Waals surface area contributed by atoms with E-state index in [-0.39, 0.29) is 29.6 Å². The van der Waals surface area contributed by atoms with Gasteiger partial charge in [0.05, 0.1) is 5.56 Å². The molecule has 0 atom stereocenters. The summed E-state index contributed by atoms with van der Waals surface area (Å²) >= 11 is 0. The molecular formula is C12H15NaO3. The van der Waals surface area contributed by atoms with Crippen molar-refractivity contribution in [3.8, 4) is 0 Å². The van der Waals surface area contributed by atoms with Gasteiger partial charge in [0.25, 0.3) is 0 Å². The Bertz CT molecular complexity index is 286. The van der Waals surface area contributed by atoms with E-state index in [2.05, 4.69) is 6.92 Å². The van der Waals surface area contributed by atoms with Gasteiger partial charge in [-0.05, 0) is 12.1 Å². The standard InChI is InChI=1S/C7H6O2.C5H9O.Na/c8-7(9)6-4-2-1-3-5-6;1-2-3-4-5-6;/h1-5H,(H,8,9);2-4H2,1H3;/q;-1;+1. The number of hydrogen-bond acceptors (Lipinski definition) is 2. The van der Waals surface area contributed by atoms with Gasteiger partial charge in [-0.3, -0.25) is 6.29 Å². The number of carbonyl (C=O) groups excluding carboxylic acids is 1. The Labute approximate surface area is 118 Å². The smallest absolute Gasteiger partial charge is 0.542 e. The summed E-state index contributed by atoms with van der Waals surface area (Å²) in [5.41, 5.74) is 0.331. The van der Waals surface area contributed by atoms with Crippen molar-refractivity contribution in [3.63, 3.8) is 0 Å². The molecule has 0 aliphatic rings. The first-order valence-corrected chi connectivity index (χ1v) is 4.85. The van der Waals surface area contributed by atoms with Gasteiger partial charge in [-0.1, -0.05) is 38.0 Å². The van der Waals surface area contributed by atoms with Crippen LogP contribution in [0.2, 0.25) is 0 Å². The Morgan fingerprint density at radius 3 is 2.12 bits per heavy atom.